The van der Waals surface area contributed by atoms with Crippen LogP contribution in [0.25, 0.3) is 10.8 Å². The predicted molar refractivity (Wildman–Crippen MR) is 82.2 cm³/mol. The molecule has 0 spiro atoms. The molecule has 7 heteroatoms. The third-order valence-corrected chi connectivity index (χ3v) is 3.07. The summed E-state index contributed by atoms with van der Waals surface area (Å²) in [7, 11) is 0. The molecule has 0 aliphatic rings. The highest BCUT2D eigenvalue weighted by molar-refractivity contribution is 5.91. The second kappa shape index (κ2) is 5.57. The molecule has 7 nitrogen and oxygen atoms in total. The fourth-order valence-corrected chi connectivity index (χ4v) is 1.96. The van der Waals surface area contributed by atoms with Crippen LogP contribution in [0.1, 0.15) is 5.56 Å². The van der Waals surface area contributed by atoms with Crippen LogP contribution >= 0.6 is 0 Å². The van der Waals surface area contributed by atoms with E-state index in [-0.39, 0.29) is 17.1 Å². The molecule has 0 saturated carbocycles. The lowest BCUT2D eigenvalue weighted by atomic mass is 10.2. The van der Waals surface area contributed by atoms with E-state index in [1.165, 1.54) is 12.3 Å². The normalized spacial score (nSPS) is 11.1. The summed E-state index contributed by atoms with van der Waals surface area (Å²) in [6, 6.07) is 9.80. The number of phenolic OH excluding ortho intramolecular Hbond substituents is 3. The first-order chi connectivity index (χ1) is 10.6. The summed E-state index contributed by atoms with van der Waals surface area (Å²) < 4.78 is 0. The third kappa shape index (κ3) is 2.59. The molecular formula is C15H12N4O3. The molecule has 3 aromatic rings. The lowest BCUT2D eigenvalue weighted by Crippen LogP contribution is -1.96. The van der Waals surface area contributed by atoms with Gasteiger partial charge in [-0.25, -0.2) is 0 Å². The van der Waals surface area contributed by atoms with Crippen LogP contribution in [-0.2, 0) is 0 Å². The second-order valence-corrected chi connectivity index (χ2v) is 4.55. The maximum absolute atomic E-state index is 9.67. The monoisotopic (exact) mass is 296 g/mol. The number of nitrogens with zero attached hydrogens (tertiary/aromatic N) is 3. The summed E-state index contributed by atoms with van der Waals surface area (Å²) in [5.74, 6) is -0.478. The Hall–Kier alpha value is -3.35. The highest BCUT2D eigenvalue weighted by atomic mass is 16.3. The van der Waals surface area contributed by atoms with E-state index in [4.69, 9.17) is 0 Å². The van der Waals surface area contributed by atoms with E-state index >= 15 is 0 Å². The molecule has 0 radical (unpaired) electrons. The van der Waals surface area contributed by atoms with Crippen molar-refractivity contribution in [3.8, 4) is 17.2 Å². The van der Waals surface area contributed by atoms with Gasteiger partial charge in [-0.3, -0.25) is 5.43 Å². The van der Waals surface area contributed by atoms with E-state index in [9.17, 15) is 15.3 Å². The number of hydrazone groups is 1. The summed E-state index contributed by atoms with van der Waals surface area (Å²) in [5, 5.41) is 41.9. The molecule has 0 aliphatic heterocycles. The summed E-state index contributed by atoms with van der Waals surface area (Å²) in [4.78, 5) is 0. The second-order valence-electron chi connectivity index (χ2n) is 4.55. The standard InChI is InChI=1S/C15H12N4O3/c20-12-6-14(22)13(21)5-10(12)8-17-19-15-11-4-2-1-3-9(11)7-16-18-15/h1-8,20-22H,(H,18,19). The van der Waals surface area contributed by atoms with E-state index in [0.717, 1.165) is 16.8 Å². The van der Waals surface area contributed by atoms with Crippen molar-refractivity contribution in [2.75, 3.05) is 5.43 Å². The molecule has 1 heterocycles. The minimum atomic E-state index is -0.400. The van der Waals surface area contributed by atoms with Crippen LogP contribution < -0.4 is 5.43 Å². The number of aromatic hydroxyl groups is 3. The summed E-state index contributed by atoms with van der Waals surface area (Å²) in [5.41, 5.74) is 2.98. The van der Waals surface area contributed by atoms with Crippen LogP contribution in [-0.4, -0.2) is 31.7 Å². The van der Waals surface area contributed by atoms with Crippen molar-refractivity contribution in [1.29, 1.82) is 0 Å². The van der Waals surface area contributed by atoms with Crippen LogP contribution in [0.5, 0.6) is 17.2 Å². The van der Waals surface area contributed by atoms with Gasteiger partial charge in [0.15, 0.2) is 17.3 Å². The van der Waals surface area contributed by atoms with Gasteiger partial charge in [0, 0.05) is 22.4 Å². The van der Waals surface area contributed by atoms with E-state index in [0.29, 0.717) is 5.82 Å². The van der Waals surface area contributed by atoms with Crippen LogP contribution in [0.4, 0.5) is 5.82 Å². The van der Waals surface area contributed by atoms with Crippen LogP contribution in [0.15, 0.2) is 47.7 Å². The first kappa shape index (κ1) is 13.6. The van der Waals surface area contributed by atoms with Gasteiger partial charge in [0.05, 0.1) is 12.4 Å². The molecule has 22 heavy (non-hydrogen) atoms. The summed E-state index contributed by atoms with van der Waals surface area (Å²) >= 11 is 0. The number of benzene rings is 2. The van der Waals surface area contributed by atoms with Crippen LogP contribution in [0, 0.1) is 0 Å². The fourth-order valence-electron chi connectivity index (χ4n) is 1.96. The Morgan fingerprint density at radius 3 is 2.64 bits per heavy atom. The van der Waals surface area contributed by atoms with Crippen molar-refractivity contribution >= 4 is 22.8 Å². The number of hydrogen-bond donors (Lipinski definition) is 4. The Balaban J connectivity index is 1.87. The third-order valence-electron chi connectivity index (χ3n) is 3.07. The largest absolute Gasteiger partial charge is 0.507 e. The maximum Gasteiger partial charge on any atom is 0.176 e. The van der Waals surface area contributed by atoms with Gasteiger partial charge in [0.25, 0.3) is 0 Å². The molecule has 3 rings (SSSR count). The van der Waals surface area contributed by atoms with E-state index < -0.39 is 5.75 Å². The molecule has 0 unspecified atom stereocenters. The van der Waals surface area contributed by atoms with Crippen LogP contribution in [0.2, 0.25) is 0 Å². The predicted octanol–water partition coefficient (Wildman–Crippen LogP) is 2.19. The van der Waals surface area contributed by atoms with Crippen molar-refractivity contribution in [1.82, 2.24) is 10.2 Å². The number of aromatic nitrogens is 2. The Bertz CT molecular complexity index is 859. The number of rotatable bonds is 3. The molecule has 0 bridgehead atoms. The molecular weight excluding hydrogens is 284 g/mol. The van der Waals surface area contributed by atoms with E-state index in [1.54, 1.807) is 6.20 Å². The Labute approximate surface area is 125 Å². The molecule has 110 valence electrons. The highest BCUT2D eigenvalue weighted by Gasteiger charge is 2.06. The average Bonchev–Trinajstić information content (AvgIpc) is 2.52. The maximum atomic E-state index is 9.67. The highest BCUT2D eigenvalue weighted by Crippen LogP contribution is 2.31. The average molecular weight is 296 g/mol. The van der Waals surface area contributed by atoms with Gasteiger partial charge >= 0.3 is 0 Å². The fraction of sp³-hybridized carbons (Fsp3) is 0. The van der Waals surface area contributed by atoms with Gasteiger partial charge in [-0.15, -0.1) is 5.10 Å². The first-order valence-corrected chi connectivity index (χ1v) is 6.39. The topological polar surface area (TPSA) is 111 Å². The van der Waals surface area contributed by atoms with E-state index in [2.05, 4.69) is 20.7 Å². The molecule has 0 fully saturated rings. The first-order valence-electron chi connectivity index (χ1n) is 6.39. The smallest absolute Gasteiger partial charge is 0.176 e. The van der Waals surface area contributed by atoms with Crippen LogP contribution in [0.3, 0.4) is 0 Å². The number of fused-ring (bicyclic) bond motifs is 1. The molecule has 0 aliphatic carbocycles. The lowest BCUT2D eigenvalue weighted by molar-refractivity contribution is 0.396. The minimum absolute atomic E-state index is 0.204. The van der Waals surface area contributed by atoms with Gasteiger partial charge in [-0.1, -0.05) is 24.3 Å². The zero-order valence-electron chi connectivity index (χ0n) is 11.3. The number of anilines is 1. The van der Waals surface area contributed by atoms with Gasteiger partial charge in [0.2, 0.25) is 0 Å². The zero-order chi connectivity index (χ0) is 15.5. The number of nitrogens with one attached hydrogen (secondary N) is 1. The molecule has 1 aromatic heterocycles. The van der Waals surface area contributed by atoms with Gasteiger partial charge < -0.3 is 15.3 Å². The summed E-state index contributed by atoms with van der Waals surface area (Å²) in [6.07, 6.45) is 2.95. The van der Waals surface area contributed by atoms with Gasteiger partial charge in [-0.05, 0) is 6.07 Å². The minimum Gasteiger partial charge on any atom is -0.507 e. The Morgan fingerprint density at radius 1 is 1.00 bits per heavy atom. The number of hydrogen-bond acceptors (Lipinski definition) is 7. The zero-order valence-corrected chi connectivity index (χ0v) is 11.3. The summed E-state index contributed by atoms with van der Waals surface area (Å²) in [6.45, 7) is 0. The van der Waals surface area contributed by atoms with Gasteiger partial charge in [-0.2, -0.15) is 10.2 Å². The molecule has 0 saturated heterocycles. The van der Waals surface area contributed by atoms with Crippen molar-refractivity contribution < 1.29 is 15.3 Å². The molecule has 4 N–H and O–H groups in total. The van der Waals surface area contributed by atoms with Crippen molar-refractivity contribution in [3.05, 3.63) is 48.2 Å². The lowest BCUT2D eigenvalue weighted by Gasteiger charge is -2.04. The quantitative estimate of drug-likeness (QED) is 0.255. The molecule has 0 atom stereocenters. The van der Waals surface area contributed by atoms with Crippen molar-refractivity contribution in [3.63, 3.8) is 0 Å². The van der Waals surface area contributed by atoms with Gasteiger partial charge in [0.1, 0.15) is 5.75 Å². The SMILES string of the molecule is Oc1cc(O)c(C=NNc2nncc3ccccc23)cc1O. The molecule has 0 amide bonds. The molecule has 2 aromatic carbocycles. The van der Waals surface area contributed by atoms with Crippen molar-refractivity contribution in [2.45, 2.75) is 0 Å². The van der Waals surface area contributed by atoms with Crippen molar-refractivity contribution in [2.24, 2.45) is 5.10 Å². The Morgan fingerprint density at radius 2 is 1.77 bits per heavy atom. The Kier molecular flexibility index (Phi) is 3.45. The number of phenols is 3. The van der Waals surface area contributed by atoms with E-state index in [1.807, 2.05) is 24.3 Å².